The van der Waals surface area contributed by atoms with E-state index in [1.54, 1.807) is 12.1 Å². The van der Waals surface area contributed by atoms with Crippen LogP contribution in [0.3, 0.4) is 0 Å². The molecule has 0 spiro atoms. The van der Waals surface area contributed by atoms with Crippen LogP contribution in [0.1, 0.15) is 29.2 Å². The molecule has 2 aromatic heterocycles. The van der Waals surface area contributed by atoms with Crippen molar-refractivity contribution >= 4 is 22.8 Å². The first kappa shape index (κ1) is 21.1. The van der Waals surface area contributed by atoms with Gasteiger partial charge in [-0.25, -0.2) is 9.37 Å². The number of aromatic amines is 1. The minimum Gasteiger partial charge on any atom is -0.368 e. The molecular weight excluding hydrogens is 417 g/mol. The van der Waals surface area contributed by atoms with Gasteiger partial charge >= 0.3 is 0 Å². The minimum absolute atomic E-state index is 0.0663. The van der Waals surface area contributed by atoms with Gasteiger partial charge in [-0.05, 0) is 48.2 Å². The molecule has 2 N–H and O–H groups in total. The van der Waals surface area contributed by atoms with Crippen LogP contribution in [0.25, 0.3) is 11.0 Å². The maximum atomic E-state index is 13.1. The second kappa shape index (κ2) is 9.40. The van der Waals surface area contributed by atoms with Gasteiger partial charge in [0.25, 0.3) is 0 Å². The van der Waals surface area contributed by atoms with Crippen LogP contribution < -0.4 is 5.32 Å². The zero-order chi connectivity index (χ0) is 22.6. The number of carbonyl (C=O) groups is 1. The Morgan fingerprint density at radius 3 is 2.70 bits per heavy atom. The molecule has 3 heterocycles. The summed E-state index contributed by atoms with van der Waals surface area (Å²) >= 11 is 0. The van der Waals surface area contributed by atoms with Crippen molar-refractivity contribution in [3.8, 4) is 0 Å². The lowest BCUT2D eigenvalue weighted by Crippen LogP contribution is -2.29. The van der Waals surface area contributed by atoms with Crippen molar-refractivity contribution in [1.29, 1.82) is 0 Å². The largest absolute Gasteiger partial charge is 0.368 e. The molecule has 1 fully saturated rings. The van der Waals surface area contributed by atoms with Gasteiger partial charge in [-0.15, -0.1) is 0 Å². The lowest BCUT2D eigenvalue weighted by atomic mass is 10.0. The van der Waals surface area contributed by atoms with E-state index >= 15 is 0 Å². The van der Waals surface area contributed by atoms with Crippen molar-refractivity contribution in [2.45, 2.75) is 25.2 Å². The standard InChI is InChI=1S/C26H26FN5O/c27-21-8-6-19(7-9-21)16-24(33)32-15-13-20(17-32)23-11-10-22-25(30-31-26(22)29-23)28-14-12-18-4-2-1-3-5-18/h1-11,20H,12-17H2,(H2,28,29,30,31). The van der Waals surface area contributed by atoms with E-state index < -0.39 is 0 Å². The monoisotopic (exact) mass is 443 g/mol. The van der Waals surface area contributed by atoms with Crippen LogP contribution in [0.15, 0.2) is 66.7 Å². The van der Waals surface area contributed by atoms with E-state index in [1.807, 2.05) is 29.2 Å². The molecule has 7 heteroatoms. The van der Waals surface area contributed by atoms with Gasteiger partial charge in [0, 0.05) is 31.2 Å². The van der Waals surface area contributed by atoms with Crippen molar-refractivity contribution in [2.75, 3.05) is 25.0 Å². The van der Waals surface area contributed by atoms with Gasteiger partial charge in [0.1, 0.15) is 5.82 Å². The highest BCUT2D eigenvalue weighted by molar-refractivity contribution is 5.87. The van der Waals surface area contributed by atoms with E-state index in [1.165, 1.54) is 17.7 Å². The third-order valence-electron chi connectivity index (χ3n) is 6.22. The number of carbonyl (C=O) groups excluding carboxylic acids is 1. The summed E-state index contributed by atoms with van der Waals surface area (Å²) in [5, 5.41) is 11.8. The first-order valence-corrected chi connectivity index (χ1v) is 11.3. The normalized spacial score (nSPS) is 15.8. The molecule has 33 heavy (non-hydrogen) atoms. The number of amides is 1. The number of halogens is 1. The van der Waals surface area contributed by atoms with Gasteiger partial charge in [-0.2, -0.15) is 5.10 Å². The maximum Gasteiger partial charge on any atom is 0.227 e. The Hall–Kier alpha value is -3.74. The maximum absolute atomic E-state index is 13.1. The predicted octanol–water partition coefficient (Wildman–Crippen LogP) is 4.31. The average Bonchev–Trinajstić information content (AvgIpc) is 3.49. The van der Waals surface area contributed by atoms with Crippen molar-refractivity contribution in [1.82, 2.24) is 20.1 Å². The van der Waals surface area contributed by atoms with Crippen LogP contribution in [0.4, 0.5) is 10.2 Å². The van der Waals surface area contributed by atoms with Crippen LogP contribution in [0.5, 0.6) is 0 Å². The highest BCUT2D eigenvalue weighted by Gasteiger charge is 2.28. The van der Waals surface area contributed by atoms with Crippen molar-refractivity contribution in [2.24, 2.45) is 0 Å². The smallest absolute Gasteiger partial charge is 0.227 e. The Bertz CT molecular complexity index is 1240. The number of anilines is 1. The van der Waals surface area contributed by atoms with Crippen LogP contribution >= 0.6 is 0 Å². The minimum atomic E-state index is -0.290. The summed E-state index contributed by atoms with van der Waals surface area (Å²) in [4.78, 5) is 19.4. The van der Waals surface area contributed by atoms with Crippen LogP contribution in [0, 0.1) is 5.82 Å². The van der Waals surface area contributed by atoms with E-state index in [-0.39, 0.29) is 24.1 Å². The molecule has 1 aliphatic rings. The Morgan fingerprint density at radius 1 is 1.06 bits per heavy atom. The number of hydrogen-bond acceptors (Lipinski definition) is 4. The molecule has 4 aromatic rings. The van der Waals surface area contributed by atoms with Gasteiger partial charge in [0.2, 0.25) is 5.91 Å². The lowest BCUT2D eigenvalue weighted by Gasteiger charge is -2.16. The number of aromatic nitrogens is 3. The molecule has 1 unspecified atom stereocenters. The van der Waals surface area contributed by atoms with Gasteiger partial charge < -0.3 is 10.2 Å². The number of hydrogen-bond donors (Lipinski definition) is 2. The summed E-state index contributed by atoms with van der Waals surface area (Å²) in [6.45, 7) is 2.15. The first-order valence-electron chi connectivity index (χ1n) is 11.3. The Kier molecular flexibility index (Phi) is 6.02. The zero-order valence-electron chi connectivity index (χ0n) is 18.3. The Morgan fingerprint density at radius 2 is 1.88 bits per heavy atom. The summed E-state index contributed by atoms with van der Waals surface area (Å²) < 4.78 is 13.1. The summed E-state index contributed by atoms with van der Waals surface area (Å²) in [6, 6.07) is 20.6. The van der Waals surface area contributed by atoms with Crippen LogP contribution in [-0.4, -0.2) is 45.6 Å². The summed E-state index contributed by atoms with van der Waals surface area (Å²) in [5.74, 6) is 0.783. The number of H-pyrrole nitrogens is 1. The first-order chi connectivity index (χ1) is 16.2. The number of fused-ring (bicyclic) bond motifs is 1. The van der Waals surface area contributed by atoms with E-state index in [9.17, 15) is 9.18 Å². The fraction of sp³-hybridized carbons (Fsp3) is 0.269. The van der Waals surface area contributed by atoms with Crippen LogP contribution in [0.2, 0.25) is 0 Å². The summed E-state index contributed by atoms with van der Waals surface area (Å²) in [5.41, 5.74) is 3.84. The summed E-state index contributed by atoms with van der Waals surface area (Å²) in [6.07, 6.45) is 2.09. The molecule has 0 radical (unpaired) electrons. The Labute approximate surface area is 191 Å². The highest BCUT2D eigenvalue weighted by atomic mass is 19.1. The second-order valence-electron chi connectivity index (χ2n) is 8.50. The molecule has 2 aromatic carbocycles. The summed E-state index contributed by atoms with van der Waals surface area (Å²) in [7, 11) is 0. The SMILES string of the molecule is O=C(Cc1ccc(F)cc1)N1CCC(c2ccc3c(NCCc4ccccc4)n[nH]c3n2)C1. The molecule has 1 amide bonds. The molecule has 6 nitrogen and oxygen atoms in total. The number of pyridine rings is 1. The van der Waals surface area contributed by atoms with E-state index in [0.29, 0.717) is 13.1 Å². The number of nitrogens with zero attached hydrogens (tertiary/aromatic N) is 3. The number of likely N-dealkylation sites (tertiary alicyclic amines) is 1. The molecule has 1 aliphatic heterocycles. The van der Waals surface area contributed by atoms with Crippen molar-refractivity contribution < 1.29 is 9.18 Å². The number of benzene rings is 2. The fourth-order valence-electron chi connectivity index (χ4n) is 4.37. The van der Waals surface area contributed by atoms with Gasteiger partial charge in [-0.3, -0.25) is 9.89 Å². The average molecular weight is 444 g/mol. The van der Waals surface area contributed by atoms with Crippen LogP contribution in [-0.2, 0) is 17.6 Å². The molecule has 0 saturated carbocycles. The molecule has 0 aliphatic carbocycles. The van der Waals surface area contributed by atoms with E-state index in [0.717, 1.165) is 47.5 Å². The number of nitrogens with one attached hydrogen (secondary N) is 2. The lowest BCUT2D eigenvalue weighted by molar-refractivity contribution is -0.129. The highest BCUT2D eigenvalue weighted by Crippen LogP contribution is 2.29. The third-order valence-corrected chi connectivity index (χ3v) is 6.22. The molecule has 168 valence electrons. The van der Waals surface area contributed by atoms with E-state index in [4.69, 9.17) is 4.98 Å². The Balaban J connectivity index is 1.19. The second-order valence-corrected chi connectivity index (χ2v) is 8.50. The van der Waals surface area contributed by atoms with Gasteiger partial charge in [0.05, 0.1) is 11.8 Å². The fourth-order valence-corrected chi connectivity index (χ4v) is 4.37. The van der Waals surface area contributed by atoms with Crippen molar-refractivity contribution in [3.05, 3.63) is 89.4 Å². The third kappa shape index (κ3) is 4.87. The topological polar surface area (TPSA) is 73.9 Å². The molecular formula is C26H26FN5O. The molecule has 1 saturated heterocycles. The van der Waals surface area contributed by atoms with Crippen molar-refractivity contribution in [3.63, 3.8) is 0 Å². The van der Waals surface area contributed by atoms with Gasteiger partial charge in [-0.1, -0.05) is 42.5 Å². The molecule has 0 bridgehead atoms. The van der Waals surface area contributed by atoms with Gasteiger partial charge in [0.15, 0.2) is 11.5 Å². The quantitative estimate of drug-likeness (QED) is 0.446. The molecule has 5 rings (SSSR count). The van der Waals surface area contributed by atoms with E-state index in [2.05, 4.69) is 33.7 Å². The number of rotatable bonds is 7. The molecule has 1 atom stereocenters. The predicted molar refractivity (Wildman–Crippen MR) is 127 cm³/mol. The zero-order valence-corrected chi connectivity index (χ0v) is 18.3.